The number of esters is 1. The van der Waals surface area contributed by atoms with Crippen molar-refractivity contribution in [3.63, 3.8) is 0 Å². The van der Waals surface area contributed by atoms with E-state index in [1.165, 1.54) is 18.1 Å². The van der Waals surface area contributed by atoms with Crippen LogP contribution in [0, 0.1) is 6.92 Å². The third kappa shape index (κ3) is 4.27. The second-order valence-electron chi connectivity index (χ2n) is 7.65. The van der Waals surface area contributed by atoms with Crippen LogP contribution in [-0.2, 0) is 20.7 Å². The first-order chi connectivity index (χ1) is 16.3. The highest BCUT2D eigenvalue weighted by Crippen LogP contribution is 2.29. The Kier molecular flexibility index (Phi) is 6.43. The number of methoxy groups -OCH3 is 1. The smallest absolute Gasteiger partial charge is 0.338 e. The van der Waals surface area contributed by atoms with Gasteiger partial charge in [0.05, 0.1) is 18.4 Å². The zero-order valence-corrected chi connectivity index (χ0v) is 19.7. The minimum Gasteiger partial charge on any atom is -0.465 e. The maximum absolute atomic E-state index is 13.2. The summed E-state index contributed by atoms with van der Waals surface area (Å²) in [6.07, 6.45) is 2.25. The van der Waals surface area contributed by atoms with Crippen LogP contribution < -0.4 is 10.2 Å². The molecule has 0 radical (unpaired) electrons. The molecule has 1 aliphatic rings. The van der Waals surface area contributed by atoms with Gasteiger partial charge in [0.2, 0.25) is 0 Å². The molecule has 1 fully saturated rings. The molecule has 1 aromatic heterocycles. The van der Waals surface area contributed by atoms with Crippen molar-refractivity contribution in [2.45, 2.75) is 20.3 Å². The van der Waals surface area contributed by atoms with Gasteiger partial charge in [-0.2, -0.15) is 0 Å². The van der Waals surface area contributed by atoms with E-state index >= 15 is 0 Å². The minimum atomic E-state index is -0.599. The molecule has 2 aromatic carbocycles. The Morgan fingerprint density at radius 3 is 2.53 bits per heavy atom. The fraction of sp³-hybridized carbons (Fsp3) is 0.154. The van der Waals surface area contributed by atoms with Crippen molar-refractivity contribution >= 4 is 46.9 Å². The number of ether oxygens (including phenoxy) is 1. The van der Waals surface area contributed by atoms with Gasteiger partial charge in [-0.25, -0.2) is 4.79 Å². The molecule has 34 heavy (non-hydrogen) atoms. The highest BCUT2D eigenvalue weighted by atomic mass is 32.1. The monoisotopic (exact) mass is 474 g/mol. The number of nitrogens with one attached hydrogen (secondary N) is 1. The second kappa shape index (κ2) is 9.44. The first kappa shape index (κ1) is 23.1. The van der Waals surface area contributed by atoms with Crippen LogP contribution in [0.1, 0.15) is 34.2 Å². The first-order valence-electron chi connectivity index (χ1n) is 10.6. The predicted octanol–water partition coefficient (Wildman–Crippen LogP) is 4.44. The van der Waals surface area contributed by atoms with E-state index in [1.54, 1.807) is 43.3 Å². The van der Waals surface area contributed by atoms with Crippen molar-refractivity contribution in [1.82, 2.24) is 5.32 Å². The van der Waals surface area contributed by atoms with Crippen LogP contribution in [0.5, 0.6) is 0 Å². The Morgan fingerprint density at radius 1 is 1.12 bits per heavy atom. The summed E-state index contributed by atoms with van der Waals surface area (Å²) in [7, 11) is 1.32. The zero-order chi connectivity index (χ0) is 24.4. The third-order valence-electron chi connectivity index (χ3n) is 5.62. The van der Waals surface area contributed by atoms with E-state index in [9.17, 15) is 14.4 Å². The summed E-state index contributed by atoms with van der Waals surface area (Å²) in [5.74, 6) is -0.786. The van der Waals surface area contributed by atoms with Gasteiger partial charge in [0.15, 0.2) is 5.11 Å². The van der Waals surface area contributed by atoms with Gasteiger partial charge < -0.3 is 9.15 Å². The molecular formula is C26H22N2O5S. The molecular weight excluding hydrogens is 452 g/mol. The summed E-state index contributed by atoms with van der Waals surface area (Å²) in [4.78, 5) is 39.1. The quantitative estimate of drug-likeness (QED) is 0.255. The molecule has 0 spiro atoms. The molecule has 1 N–H and O–H groups in total. The molecule has 0 aliphatic carbocycles. The van der Waals surface area contributed by atoms with Gasteiger partial charge in [-0.05, 0) is 73.1 Å². The first-order valence-corrected chi connectivity index (χ1v) is 11.0. The fourth-order valence-electron chi connectivity index (χ4n) is 3.72. The molecule has 0 unspecified atom stereocenters. The van der Waals surface area contributed by atoms with E-state index in [4.69, 9.17) is 21.4 Å². The maximum atomic E-state index is 13.2. The number of nitrogens with zero attached hydrogens (tertiary/aromatic N) is 1. The van der Waals surface area contributed by atoms with Crippen molar-refractivity contribution in [1.29, 1.82) is 0 Å². The van der Waals surface area contributed by atoms with Crippen molar-refractivity contribution in [3.05, 3.63) is 82.6 Å². The van der Waals surface area contributed by atoms with Gasteiger partial charge >= 0.3 is 5.97 Å². The Balaban J connectivity index is 1.67. The minimum absolute atomic E-state index is 0.0202. The predicted molar refractivity (Wildman–Crippen MR) is 132 cm³/mol. The van der Waals surface area contributed by atoms with Crippen LogP contribution in [0.3, 0.4) is 0 Å². The molecule has 1 aliphatic heterocycles. The Labute approximate surface area is 202 Å². The van der Waals surface area contributed by atoms with Crippen molar-refractivity contribution < 1.29 is 23.5 Å². The van der Waals surface area contributed by atoms with Crippen LogP contribution >= 0.6 is 12.2 Å². The maximum Gasteiger partial charge on any atom is 0.338 e. The lowest BCUT2D eigenvalue weighted by Gasteiger charge is -2.28. The number of furan rings is 1. The molecule has 2 amide bonds. The molecule has 0 atom stereocenters. The van der Waals surface area contributed by atoms with Crippen LogP contribution in [0.4, 0.5) is 5.69 Å². The highest BCUT2D eigenvalue weighted by molar-refractivity contribution is 7.80. The van der Waals surface area contributed by atoms with E-state index in [0.717, 1.165) is 12.0 Å². The Morgan fingerprint density at radius 2 is 1.85 bits per heavy atom. The van der Waals surface area contributed by atoms with E-state index in [-0.39, 0.29) is 10.7 Å². The second-order valence-corrected chi connectivity index (χ2v) is 8.04. The van der Waals surface area contributed by atoms with Crippen molar-refractivity contribution in [3.8, 4) is 11.3 Å². The molecule has 0 saturated carbocycles. The zero-order valence-electron chi connectivity index (χ0n) is 18.9. The normalized spacial score (nSPS) is 15.0. The lowest BCUT2D eigenvalue weighted by atomic mass is 10.0. The Hall–Kier alpha value is -4.04. The lowest BCUT2D eigenvalue weighted by molar-refractivity contribution is -0.122. The molecule has 0 bridgehead atoms. The Bertz CT molecular complexity index is 1340. The summed E-state index contributed by atoms with van der Waals surface area (Å²) in [5.41, 5.74) is 3.40. The number of hydrogen-bond donors (Lipinski definition) is 1. The van der Waals surface area contributed by atoms with Crippen LogP contribution in [-0.4, -0.2) is 30.0 Å². The van der Waals surface area contributed by atoms with E-state index in [2.05, 4.69) is 5.32 Å². The van der Waals surface area contributed by atoms with Crippen molar-refractivity contribution in [2.75, 3.05) is 12.0 Å². The van der Waals surface area contributed by atoms with E-state index < -0.39 is 17.8 Å². The molecule has 2 heterocycles. The number of aryl methyl sites for hydroxylation is 1. The number of anilines is 1. The SMILES string of the molecule is CCc1ccc(N2C(=O)/C(=C/c3ccc(-c4cccc(C(=O)OC)c4C)o3)C(=O)NC2=S)cc1. The lowest BCUT2D eigenvalue weighted by Crippen LogP contribution is -2.54. The number of thiocarbonyl (C=S) groups is 1. The number of hydrogen-bond acceptors (Lipinski definition) is 6. The average molecular weight is 475 g/mol. The molecule has 4 rings (SSSR count). The van der Waals surface area contributed by atoms with Gasteiger partial charge in [0.25, 0.3) is 11.8 Å². The number of benzene rings is 2. The third-order valence-corrected chi connectivity index (χ3v) is 5.91. The van der Waals surface area contributed by atoms with Gasteiger partial charge in [0.1, 0.15) is 17.1 Å². The van der Waals surface area contributed by atoms with E-state index in [1.807, 2.05) is 25.1 Å². The summed E-state index contributed by atoms with van der Waals surface area (Å²) >= 11 is 5.25. The van der Waals surface area contributed by atoms with Gasteiger partial charge in [-0.15, -0.1) is 0 Å². The molecule has 3 aromatic rings. The van der Waals surface area contributed by atoms with Gasteiger partial charge in [-0.1, -0.05) is 31.2 Å². The largest absolute Gasteiger partial charge is 0.465 e. The number of rotatable bonds is 5. The number of amides is 2. The van der Waals surface area contributed by atoms with E-state index in [0.29, 0.717) is 33.9 Å². The van der Waals surface area contributed by atoms with Crippen LogP contribution in [0.25, 0.3) is 17.4 Å². The standard InChI is InChI=1S/C26H22N2O5S/c1-4-16-8-10-17(11-9-16)28-24(30)21(23(29)27-26(28)34)14-18-12-13-22(33-18)19-6-5-7-20(15(19)2)25(31)32-3/h5-14H,4H2,1-3H3,(H,27,29,34)/b21-14+. The molecule has 7 nitrogen and oxygen atoms in total. The van der Waals surface area contributed by atoms with Crippen LogP contribution in [0.15, 0.2) is 64.6 Å². The van der Waals surface area contributed by atoms with Crippen molar-refractivity contribution in [2.24, 2.45) is 0 Å². The molecule has 8 heteroatoms. The topological polar surface area (TPSA) is 88.8 Å². The summed E-state index contributed by atoms with van der Waals surface area (Å²) < 4.78 is 10.7. The average Bonchev–Trinajstić information content (AvgIpc) is 3.30. The van der Waals surface area contributed by atoms with Crippen LogP contribution in [0.2, 0.25) is 0 Å². The van der Waals surface area contributed by atoms with Gasteiger partial charge in [-0.3, -0.25) is 19.8 Å². The number of carbonyl (C=O) groups excluding carboxylic acids is 3. The summed E-state index contributed by atoms with van der Waals surface area (Å²) in [5, 5.41) is 2.59. The molecule has 1 saturated heterocycles. The number of carbonyl (C=O) groups is 3. The highest BCUT2D eigenvalue weighted by Gasteiger charge is 2.34. The summed E-state index contributed by atoms with van der Waals surface area (Å²) in [6, 6.07) is 16.0. The van der Waals surface area contributed by atoms with Gasteiger partial charge in [0, 0.05) is 5.56 Å². The fourth-order valence-corrected chi connectivity index (χ4v) is 4.00. The molecule has 172 valence electrons. The summed E-state index contributed by atoms with van der Waals surface area (Å²) in [6.45, 7) is 3.83.